The lowest BCUT2D eigenvalue weighted by molar-refractivity contribution is -0.121. The van der Waals surface area contributed by atoms with Crippen LogP contribution in [0.25, 0.3) is 0 Å². The van der Waals surface area contributed by atoms with Crippen LogP contribution in [0.15, 0.2) is 35.7 Å². The first-order valence-electron chi connectivity index (χ1n) is 8.90. The molecule has 1 N–H and O–H groups in total. The summed E-state index contributed by atoms with van der Waals surface area (Å²) >= 11 is 3.46. The van der Waals surface area contributed by atoms with E-state index in [9.17, 15) is 4.79 Å². The Kier molecular flexibility index (Phi) is 8.49. The van der Waals surface area contributed by atoms with Crippen LogP contribution in [0.2, 0.25) is 0 Å². The minimum Gasteiger partial charge on any atom is -0.355 e. The number of amides is 1. The van der Waals surface area contributed by atoms with Crippen molar-refractivity contribution in [2.75, 3.05) is 6.54 Å². The molecule has 1 heterocycles. The van der Waals surface area contributed by atoms with Crippen LogP contribution in [0.4, 0.5) is 0 Å². The molecule has 0 fully saturated rings. The monoisotopic (exact) mass is 376 g/mol. The second-order valence-electron chi connectivity index (χ2n) is 6.59. The summed E-state index contributed by atoms with van der Waals surface area (Å²) in [6, 6.07) is 10.3. The number of hydrogen-bond acceptors (Lipinski definition) is 4. The lowest BCUT2D eigenvalue weighted by Crippen LogP contribution is -2.36. The Morgan fingerprint density at radius 1 is 1.24 bits per heavy atom. The maximum atomic E-state index is 12.5. The standard InChI is InChI=1S/C20H28N2OS2/c1-15(2)19(25-14-17-9-5-4-6-10-17)20(23)21-12-8-7-11-18-22-16(3)13-24-18/h4-6,9-10,13,15,19H,7-8,11-12,14H2,1-3H3,(H,21,23). The van der Waals surface area contributed by atoms with E-state index in [1.807, 2.05) is 25.1 Å². The molecule has 0 saturated carbocycles. The number of unbranched alkanes of at least 4 members (excludes halogenated alkanes) is 1. The van der Waals surface area contributed by atoms with Gasteiger partial charge in [-0.15, -0.1) is 23.1 Å². The van der Waals surface area contributed by atoms with E-state index in [4.69, 9.17) is 0 Å². The summed E-state index contributed by atoms with van der Waals surface area (Å²) in [6.45, 7) is 7.01. The van der Waals surface area contributed by atoms with E-state index >= 15 is 0 Å². The number of nitrogens with zero attached hydrogens (tertiary/aromatic N) is 1. The third-order valence-electron chi connectivity index (χ3n) is 3.92. The summed E-state index contributed by atoms with van der Waals surface area (Å²) in [7, 11) is 0. The van der Waals surface area contributed by atoms with Gasteiger partial charge in [-0.3, -0.25) is 4.79 Å². The molecular weight excluding hydrogens is 348 g/mol. The van der Waals surface area contributed by atoms with E-state index < -0.39 is 0 Å². The number of nitrogens with one attached hydrogen (secondary N) is 1. The van der Waals surface area contributed by atoms with Crippen molar-refractivity contribution < 1.29 is 4.79 Å². The van der Waals surface area contributed by atoms with Crippen LogP contribution in [0.1, 0.15) is 43.0 Å². The van der Waals surface area contributed by atoms with Gasteiger partial charge in [-0.2, -0.15) is 0 Å². The number of carbonyl (C=O) groups excluding carboxylic acids is 1. The first kappa shape index (κ1) is 20.0. The van der Waals surface area contributed by atoms with Crippen molar-refractivity contribution in [1.29, 1.82) is 0 Å². The lowest BCUT2D eigenvalue weighted by atomic mass is 10.1. The third-order valence-corrected chi connectivity index (χ3v) is 6.56. The Hall–Kier alpha value is -1.33. The third kappa shape index (κ3) is 7.20. The molecule has 0 spiro atoms. The van der Waals surface area contributed by atoms with Gasteiger partial charge in [0.15, 0.2) is 0 Å². The maximum absolute atomic E-state index is 12.5. The van der Waals surface area contributed by atoms with Gasteiger partial charge in [0.25, 0.3) is 0 Å². The molecule has 5 heteroatoms. The highest BCUT2D eigenvalue weighted by Gasteiger charge is 2.22. The molecule has 0 radical (unpaired) electrons. The fraction of sp³-hybridized carbons (Fsp3) is 0.500. The minimum absolute atomic E-state index is 0.00168. The molecule has 0 bridgehead atoms. The second kappa shape index (κ2) is 10.6. The second-order valence-corrected chi connectivity index (χ2v) is 8.66. The summed E-state index contributed by atoms with van der Waals surface area (Å²) in [4.78, 5) is 17.0. The summed E-state index contributed by atoms with van der Waals surface area (Å²) in [5.41, 5.74) is 2.37. The van der Waals surface area contributed by atoms with E-state index in [-0.39, 0.29) is 11.2 Å². The molecule has 0 aliphatic rings. The molecule has 0 saturated heterocycles. The average Bonchev–Trinajstić information content (AvgIpc) is 3.00. The number of benzene rings is 1. The topological polar surface area (TPSA) is 42.0 Å². The number of thioether (sulfide) groups is 1. The quantitative estimate of drug-likeness (QED) is 0.603. The number of carbonyl (C=O) groups is 1. The molecule has 1 unspecified atom stereocenters. The zero-order valence-corrected chi connectivity index (χ0v) is 17.0. The molecule has 3 nitrogen and oxygen atoms in total. The van der Waals surface area contributed by atoms with Gasteiger partial charge in [-0.1, -0.05) is 44.2 Å². The Labute approximate surface area is 159 Å². The number of aryl methyl sites for hydroxylation is 2. The predicted molar refractivity (Wildman–Crippen MR) is 109 cm³/mol. The molecule has 1 aromatic carbocycles. The van der Waals surface area contributed by atoms with Crippen molar-refractivity contribution in [3.8, 4) is 0 Å². The molecular formula is C20H28N2OS2. The summed E-state index contributed by atoms with van der Waals surface area (Å²) in [5.74, 6) is 1.37. The van der Waals surface area contributed by atoms with E-state index in [1.165, 1.54) is 10.6 Å². The van der Waals surface area contributed by atoms with E-state index in [1.54, 1.807) is 23.1 Å². The van der Waals surface area contributed by atoms with Gasteiger partial charge in [-0.25, -0.2) is 4.98 Å². The van der Waals surface area contributed by atoms with Crippen LogP contribution in [0.3, 0.4) is 0 Å². The lowest BCUT2D eigenvalue weighted by Gasteiger charge is -2.20. The summed E-state index contributed by atoms with van der Waals surface area (Å²) in [5, 5.41) is 6.40. The fourth-order valence-electron chi connectivity index (χ4n) is 2.56. The summed E-state index contributed by atoms with van der Waals surface area (Å²) < 4.78 is 0. The average molecular weight is 377 g/mol. The Morgan fingerprint density at radius 3 is 2.64 bits per heavy atom. The molecule has 0 aliphatic carbocycles. The van der Waals surface area contributed by atoms with Crippen LogP contribution < -0.4 is 5.32 Å². The van der Waals surface area contributed by atoms with E-state index in [0.29, 0.717) is 5.92 Å². The molecule has 1 amide bonds. The van der Waals surface area contributed by atoms with Crippen LogP contribution in [-0.4, -0.2) is 22.7 Å². The van der Waals surface area contributed by atoms with Crippen molar-refractivity contribution in [3.63, 3.8) is 0 Å². The molecule has 25 heavy (non-hydrogen) atoms. The van der Waals surface area contributed by atoms with Crippen molar-refractivity contribution in [2.24, 2.45) is 5.92 Å². The van der Waals surface area contributed by atoms with Gasteiger partial charge in [0, 0.05) is 23.4 Å². The van der Waals surface area contributed by atoms with Crippen LogP contribution in [0, 0.1) is 12.8 Å². The number of thiazole rings is 1. The number of rotatable bonds is 10. The minimum atomic E-state index is 0.00168. The Bertz CT molecular complexity index is 640. The Morgan fingerprint density at radius 2 is 2.00 bits per heavy atom. The highest BCUT2D eigenvalue weighted by Crippen LogP contribution is 2.24. The van der Waals surface area contributed by atoms with Gasteiger partial charge in [0.1, 0.15) is 0 Å². The van der Waals surface area contributed by atoms with E-state index in [0.717, 1.165) is 37.3 Å². The first-order valence-corrected chi connectivity index (χ1v) is 10.8. The van der Waals surface area contributed by atoms with Crippen molar-refractivity contribution in [1.82, 2.24) is 10.3 Å². The molecule has 2 rings (SSSR count). The molecule has 1 atom stereocenters. The van der Waals surface area contributed by atoms with E-state index in [2.05, 4.69) is 41.7 Å². The summed E-state index contributed by atoms with van der Waals surface area (Å²) in [6.07, 6.45) is 3.07. The maximum Gasteiger partial charge on any atom is 0.233 e. The highest BCUT2D eigenvalue weighted by molar-refractivity contribution is 7.99. The van der Waals surface area contributed by atoms with Crippen LogP contribution >= 0.6 is 23.1 Å². The molecule has 0 aliphatic heterocycles. The zero-order chi connectivity index (χ0) is 18.1. The zero-order valence-electron chi connectivity index (χ0n) is 15.3. The van der Waals surface area contributed by atoms with Gasteiger partial charge >= 0.3 is 0 Å². The SMILES string of the molecule is Cc1csc(CCCCNC(=O)C(SCc2ccccc2)C(C)C)n1. The fourth-order valence-corrected chi connectivity index (χ4v) is 4.56. The molecule has 2 aromatic rings. The normalized spacial score (nSPS) is 12.3. The molecule has 136 valence electrons. The number of aromatic nitrogens is 1. The van der Waals surface area contributed by atoms with Gasteiger partial charge < -0.3 is 5.32 Å². The Balaban J connectivity index is 1.68. The van der Waals surface area contributed by atoms with Crippen molar-refractivity contribution in [3.05, 3.63) is 52.0 Å². The smallest absolute Gasteiger partial charge is 0.233 e. The van der Waals surface area contributed by atoms with Crippen LogP contribution in [-0.2, 0) is 17.0 Å². The van der Waals surface area contributed by atoms with Gasteiger partial charge in [-0.05, 0) is 37.7 Å². The van der Waals surface area contributed by atoms with Gasteiger partial charge in [0.2, 0.25) is 5.91 Å². The van der Waals surface area contributed by atoms with Crippen LogP contribution in [0.5, 0.6) is 0 Å². The van der Waals surface area contributed by atoms with Crippen molar-refractivity contribution >= 4 is 29.0 Å². The largest absolute Gasteiger partial charge is 0.355 e. The number of hydrogen-bond donors (Lipinski definition) is 1. The highest BCUT2D eigenvalue weighted by atomic mass is 32.2. The molecule has 1 aromatic heterocycles. The predicted octanol–water partition coefficient (Wildman–Crippen LogP) is 4.85. The van der Waals surface area contributed by atoms with Crippen molar-refractivity contribution in [2.45, 2.75) is 51.0 Å². The van der Waals surface area contributed by atoms with Gasteiger partial charge in [0.05, 0.1) is 10.3 Å². The first-order chi connectivity index (χ1) is 12.1.